The average molecular weight is 274 g/mol. The zero-order chi connectivity index (χ0) is 10.5. The van der Waals surface area contributed by atoms with Gasteiger partial charge in [0.2, 0.25) is 0 Å². The van der Waals surface area contributed by atoms with Crippen LogP contribution in [0, 0.1) is 5.92 Å². The van der Waals surface area contributed by atoms with Crippen molar-refractivity contribution in [3.8, 4) is 0 Å². The summed E-state index contributed by atoms with van der Waals surface area (Å²) in [6.45, 7) is 2.73. The van der Waals surface area contributed by atoms with Crippen LogP contribution in [0.4, 0.5) is 0 Å². The molecule has 0 amide bonds. The molecule has 1 atom stereocenters. The van der Waals surface area contributed by atoms with E-state index in [-0.39, 0.29) is 0 Å². The van der Waals surface area contributed by atoms with Gasteiger partial charge in [0.25, 0.3) is 0 Å². The zero-order valence-corrected chi connectivity index (χ0v) is 11.3. The summed E-state index contributed by atoms with van der Waals surface area (Å²) in [5, 5.41) is 1.18. The van der Waals surface area contributed by atoms with Gasteiger partial charge < -0.3 is 4.90 Å². The van der Waals surface area contributed by atoms with Crippen LogP contribution >= 0.6 is 15.9 Å². The third-order valence-electron chi connectivity index (χ3n) is 4.19. The summed E-state index contributed by atoms with van der Waals surface area (Å²) in [4.78, 5) is 2.79. The molecule has 1 saturated carbocycles. The molecule has 0 N–H and O–H groups in total. The Morgan fingerprint density at radius 1 is 1.00 bits per heavy atom. The van der Waals surface area contributed by atoms with Crippen LogP contribution < -0.4 is 0 Å². The Morgan fingerprint density at radius 2 is 1.80 bits per heavy atom. The second-order valence-electron chi connectivity index (χ2n) is 5.19. The van der Waals surface area contributed by atoms with Crippen molar-refractivity contribution in [3.63, 3.8) is 0 Å². The molecule has 1 nitrogen and oxygen atoms in total. The monoisotopic (exact) mass is 273 g/mol. The van der Waals surface area contributed by atoms with Gasteiger partial charge in [-0.2, -0.15) is 0 Å². The smallest absolute Gasteiger partial charge is 0.0124 e. The van der Waals surface area contributed by atoms with Crippen molar-refractivity contribution in [2.45, 2.75) is 57.4 Å². The lowest BCUT2D eigenvalue weighted by molar-refractivity contribution is 0.188. The van der Waals surface area contributed by atoms with Gasteiger partial charge in [0.05, 0.1) is 0 Å². The maximum absolute atomic E-state index is 3.52. The van der Waals surface area contributed by atoms with E-state index >= 15 is 0 Å². The molecular formula is C13H24BrN. The van der Waals surface area contributed by atoms with Crippen molar-refractivity contribution >= 4 is 15.9 Å². The molecule has 2 aliphatic rings. The van der Waals surface area contributed by atoms with Crippen LogP contribution in [-0.2, 0) is 0 Å². The summed E-state index contributed by atoms with van der Waals surface area (Å²) in [5.74, 6) is 1.05. The van der Waals surface area contributed by atoms with Crippen LogP contribution in [0.2, 0.25) is 0 Å². The first-order chi connectivity index (χ1) is 7.42. The molecule has 2 fully saturated rings. The first-order valence-corrected chi connectivity index (χ1v) is 7.84. The Labute approximate surface area is 103 Å². The summed E-state index contributed by atoms with van der Waals surface area (Å²) >= 11 is 3.52. The predicted molar refractivity (Wildman–Crippen MR) is 69.6 cm³/mol. The third-order valence-corrected chi connectivity index (χ3v) is 4.75. The molecule has 0 spiro atoms. The molecule has 2 heteroatoms. The molecule has 1 aliphatic carbocycles. The highest BCUT2D eigenvalue weighted by Gasteiger charge is 2.32. The van der Waals surface area contributed by atoms with Crippen molar-refractivity contribution in [2.24, 2.45) is 5.92 Å². The van der Waals surface area contributed by atoms with Crippen LogP contribution in [0.3, 0.4) is 0 Å². The van der Waals surface area contributed by atoms with E-state index < -0.39 is 0 Å². The minimum atomic E-state index is 0.961. The average Bonchev–Trinajstić information content (AvgIpc) is 2.87. The summed E-state index contributed by atoms with van der Waals surface area (Å²) in [6, 6.07) is 0.961. The second kappa shape index (κ2) is 6.24. The topological polar surface area (TPSA) is 3.24 Å². The van der Waals surface area contributed by atoms with Gasteiger partial charge in [-0.05, 0) is 57.5 Å². The maximum Gasteiger partial charge on any atom is 0.0124 e. The van der Waals surface area contributed by atoms with Gasteiger partial charge in [-0.3, -0.25) is 0 Å². The minimum absolute atomic E-state index is 0.961. The number of halogens is 1. The van der Waals surface area contributed by atoms with E-state index in [1.165, 1.54) is 69.8 Å². The standard InChI is InChI=1S/C13H24BrN/c14-9-3-4-10-15-11-5-8-13(15)12-6-1-2-7-12/h12-13H,1-11H2. The first-order valence-electron chi connectivity index (χ1n) is 6.72. The van der Waals surface area contributed by atoms with E-state index in [2.05, 4.69) is 20.8 Å². The van der Waals surface area contributed by atoms with Gasteiger partial charge in [-0.1, -0.05) is 28.8 Å². The van der Waals surface area contributed by atoms with E-state index in [9.17, 15) is 0 Å². The van der Waals surface area contributed by atoms with Crippen molar-refractivity contribution in [1.82, 2.24) is 4.90 Å². The molecule has 0 aromatic rings. The Morgan fingerprint density at radius 3 is 2.53 bits per heavy atom. The molecule has 0 radical (unpaired) electrons. The van der Waals surface area contributed by atoms with Gasteiger partial charge >= 0.3 is 0 Å². The lowest BCUT2D eigenvalue weighted by Crippen LogP contribution is -2.35. The summed E-state index contributed by atoms with van der Waals surface area (Å²) in [5.41, 5.74) is 0. The number of alkyl halides is 1. The second-order valence-corrected chi connectivity index (χ2v) is 5.98. The van der Waals surface area contributed by atoms with Gasteiger partial charge in [0, 0.05) is 11.4 Å². The first kappa shape index (κ1) is 11.9. The van der Waals surface area contributed by atoms with Gasteiger partial charge in [0.1, 0.15) is 0 Å². The van der Waals surface area contributed by atoms with Crippen LogP contribution in [-0.4, -0.2) is 29.4 Å². The number of rotatable bonds is 5. The van der Waals surface area contributed by atoms with Gasteiger partial charge in [-0.25, -0.2) is 0 Å². The Balaban J connectivity index is 1.76. The Hall–Kier alpha value is 0.440. The molecule has 2 rings (SSSR count). The molecule has 1 saturated heterocycles. The number of hydrogen-bond acceptors (Lipinski definition) is 1. The fraction of sp³-hybridized carbons (Fsp3) is 1.00. The van der Waals surface area contributed by atoms with E-state index in [1.54, 1.807) is 0 Å². The van der Waals surface area contributed by atoms with Crippen molar-refractivity contribution in [1.29, 1.82) is 0 Å². The minimum Gasteiger partial charge on any atom is -0.300 e. The lowest BCUT2D eigenvalue weighted by Gasteiger charge is -2.29. The molecule has 0 aromatic heterocycles. The normalized spacial score (nSPS) is 29.0. The molecule has 0 aromatic carbocycles. The fourth-order valence-corrected chi connectivity index (χ4v) is 3.81. The van der Waals surface area contributed by atoms with Crippen LogP contribution in [0.1, 0.15) is 51.4 Å². The Kier molecular flexibility index (Phi) is 4.96. The van der Waals surface area contributed by atoms with E-state index in [4.69, 9.17) is 0 Å². The van der Waals surface area contributed by atoms with Crippen LogP contribution in [0.25, 0.3) is 0 Å². The molecule has 88 valence electrons. The van der Waals surface area contributed by atoms with Crippen molar-refractivity contribution in [2.75, 3.05) is 18.4 Å². The fourth-order valence-electron chi connectivity index (χ4n) is 3.41. The predicted octanol–water partition coefficient (Wildman–Crippen LogP) is 3.82. The highest BCUT2D eigenvalue weighted by Crippen LogP contribution is 2.35. The van der Waals surface area contributed by atoms with Gasteiger partial charge in [0.15, 0.2) is 0 Å². The number of hydrogen-bond donors (Lipinski definition) is 0. The summed E-state index contributed by atoms with van der Waals surface area (Å²) < 4.78 is 0. The quantitative estimate of drug-likeness (QED) is 0.544. The number of unbranched alkanes of at least 4 members (excludes halogenated alkanes) is 1. The molecule has 1 unspecified atom stereocenters. The van der Waals surface area contributed by atoms with E-state index in [0.29, 0.717) is 0 Å². The van der Waals surface area contributed by atoms with Crippen LogP contribution in [0.5, 0.6) is 0 Å². The van der Waals surface area contributed by atoms with Crippen molar-refractivity contribution in [3.05, 3.63) is 0 Å². The molecule has 1 heterocycles. The van der Waals surface area contributed by atoms with Gasteiger partial charge in [-0.15, -0.1) is 0 Å². The molecule has 15 heavy (non-hydrogen) atoms. The molecular weight excluding hydrogens is 250 g/mol. The third kappa shape index (κ3) is 3.20. The summed E-state index contributed by atoms with van der Waals surface area (Å²) in [7, 11) is 0. The lowest BCUT2D eigenvalue weighted by atomic mass is 9.96. The zero-order valence-electron chi connectivity index (χ0n) is 9.76. The highest BCUT2D eigenvalue weighted by atomic mass is 79.9. The highest BCUT2D eigenvalue weighted by molar-refractivity contribution is 9.09. The molecule has 0 bridgehead atoms. The number of nitrogens with zero attached hydrogens (tertiary/aromatic N) is 1. The maximum atomic E-state index is 3.52. The van der Waals surface area contributed by atoms with E-state index in [0.717, 1.165) is 12.0 Å². The summed E-state index contributed by atoms with van der Waals surface area (Å²) in [6.07, 6.45) is 11.7. The van der Waals surface area contributed by atoms with Crippen LogP contribution in [0.15, 0.2) is 0 Å². The largest absolute Gasteiger partial charge is 0.300 e. The SMILES string of the molecule is BrCCCCN1CCCC1C1CCCC1. The molecule has 1 aliphatic heterocycles. The van der Waals surface area contributed by atoms with E-state index in [1.807, 2.05) is 0 Å². The number of likely N-dealkylation sites (tertiary alicyclic amines) is 1. The van der Waals surface area contributed by atoms with Crippen molar-refractivity contribution < 1.29 is 0 Å². The Bertz CT molecular complexity index is 177.